The number of methoxy groups -OCH3 is 1. The van der Waals surface area contributed by atoms with Crippen LogP contribution in [0.2, 0.25) is 0 Å². The molecule has 0 spiro atoms. The molecule has 0 saturated heterocycles. The van der Waals surface area contributed by atoms with Gasteiger partial charge in [0, 0.05) is 5.56 Å². The molecule has 1 rings (SSSR count). The van der Waals surface area contributed by atoms with Gasteiger partial charge in [-0.15, -0.1) is 0 Å². The molecule has 1 aromatic carbocycles. The lowest BCUT2D eigenvalue weighted by molar-refractivity contribution is -0.104. The lowest BCUT2D eigenvalue weighted by Gasteiger charge is -2.20. The molecule has 0 bridgehead atoms. The zero-order valence-electron chi connectivity index (χ0n) is 12.1. The van der Waals surface area contributed by atoms with Crippen LogP contribution in [0.3, 0.4) is 0 Å². The van der Waals surface area contributed by atoms with E-state index >= 15 is 0 Å². The highest BCUT2D eigenvalue weighted by atomic mass is 16.6. The molecule has 1 N–H and O–H groups in total. The van der Waals surface area contributed by atoms with E-state index in [0.29, 0.717) is 23.3 Å². The van der Waals surface area contributed by atoms with E-state index in [9.17, 15) is 9.59 Å². The summed E-state index contributed by atoms with van der Waals surface area (Å²) in [4.78, 5) is 22.2. The van der Waals surface area contributed by atoms with Gasteiger partial charge in [-0.3, -0.25) is 10.1 Å². The van der Waals surface area contributed by atoms with Crippen LogP contribution in [-0.4, -0.2) is 25.1 Å². The number of aldehydes is 1. The number of ether oxygens (including phenoxy) is 2. The molecule has 0 fully saturated rings. The lowest BCUT2D eigenvalue weighted by atomic mass is 10.1. The van der Waals surface area contributed by atoms with Crippen LogP contribution in [0.15, 0.2) is 24.3 Å². The normalized spacial score (nSPS) is 11.2. The summed E-state index contributed by atoms with van der Waals surface area (Å²) in [7, 11) is 1.55. The van der Waals surface area contributed by atoms with Crippen LogP contribution in [0.4, 0.5) is 10.5 Å². The molecule has 108 valence electrons. The summed E-state index contributed by atoms with van der Waals surface area (Å²) in [5, 5.41) is 2.64. The standard InChI is InChI=1S/C15H19NO4/c1-15(2,3)20-14(18)16-13-8-7-12(19-4)10-11(13)6-5-9-17/h5-10H,1-4H3,(H,16,18)/b6-5+. The second-order valence-corrected chi connectivity index (χ2v) is 5.08. The summed E-state index contributed by atoms with van der Waals surface area (Å²) in [6, 6.07) is 5.12. The molecule has 5 heteroatoms. The maximum absolute atomic E-state index is 11.8. The summed E-state index contributed by atoms with van der Waals surface area (Å²) in [6.45, 7) is 5.36. The fraction of sp³-hybridized carbons (Fsp3) is 0.333. The number of anilines is 1. The fourth-order valence-corrected chi connectivity index (χ4v) is 1.48. The monoisotopic (exact) mass is 277 g/mol. The van der Waals surface area contributed by atoms with Gasteiger partial charge in [0.1, 0.15) is 17.6 Å². The Kier molecular flexibility index (Phi) is 5.32. The zero-order chi connectivity index (χ0) is 15.2. The van der Waals surface area contributed by atoms with Gasteiger partial charge in [0.25, 0.3) is 0 Å². The summed E-state index contributed by atoms with van der Waals surface area (Å²) in [6.07, 6.45) is 3.04. The van der Waals surface area contributed by atoms with Gasteiger partial charge in [-0.05, 0) is 51.1 Å². The van der Waals surface area contributed by atoms with Crippen molar-refractivity contribution in [1.82, 2.24) is 0 Å². The van der Waals surface area contributed by atoms with Crippen molar-refractivity contribution in [3.05, 3.63) is 29.8 Å². The van der Waals surface area contributed by atoms with Crippen LogP contribution >= 0.6 is 0 Å². The van der Waals surface area contributed by atoms with Crippen LogP contribution in [0, 0.1) is 0 Å². The molecule has 0 saturated carbocycles. The third-order valence-electron chi connectivity index (χ3n) is 2.25. The van der Waals surface area contributed by atoms with Crippen molar-refractivity contribution in [3.8, 4) is 5.75 Å². The van der Waals surface area contributed by atoms with Gasteiger partial charge in [-0.1, -0.05) is 0 Å². The summed E-state index contributed by atoms with van der Waals surface area (Å²) in [5.41, 5.74) is 0.621. The average molecular weight is 277 g/mol. The molecule has 5 nitrogen and oxygen atoms in total. The van der Waals surface area contributed by atoms with Crippen LogP contribution in [0.25, 0.3) is 6.08 Å². The number of amides is 1. The summed E-state index contributed by atoms with van der Waals surface area (Å²) < 4.78 is 10.3. The van der Waals surface area contributed by atoms with E-state index in [-0.39, 0.29) is 0 Å². The first-order valence-corrected chi connectivity index (χ1v) is 6.15. The van der Waals surface area contributed by atoms with E-state index in [1.807, 2.05) is 0 Å². The van der Waals surface area contributed by atoms with Gasteiger partial charge in [0.15, 0.2) is 0 Å². The van der Waals surface area contributed by atoms with Crippen molar-refractivity contribution in [2.24, 2.45) is 0 Å². The van der Waals surface area contributed by atoms with E-state index in [1.54, 1.807) is 52.2 Å². The first kappa shape index (κ1) is 15.8. The molecule has 0 unspecified atom stereocenters. The highest BCUT2D eigenvalue weighted by molar-refractivity contribution is 5.89. The molecule has 1 aromatic rings. The third kappa shape index (κ3) is 5.14. The molecule has 0 aliphatic rings. The summed E-state index contributed by atoms with van der Waals surface area (Å²) in [5.74, 6) is 0.630. The van der Waals surface area contributed by atoms with E-state index in [2.05, 4.69) is 5.32 Å². The molecule has 1 amide bonds. The predicted molar refractivity (Wildman–Crippen MR) is 77.9 cm³/mol. The zero-order valence-corrected chi connectivity index (χ0v) is 12.1. The minimum atomic E-state index is -0.574. The topological polar surface area (TPSA) is 64.6 Å². The van der Waals surface area contributed by atoms with Crippen LogP contribution < -0.4 is 10.1 Å². The maximum atomic E-state index is 11.8. The Bertz CT molecular complexity index is 515. The number of rotatable bonds is 4. The van der Waals surface area contributed by atoms with Gasteiger partial charge in [-0.2, -0.15) is 0 Å². The van der Waals surface area contributed by atoms with Gasteiger partial charge in [-0.25, -0.2) is 4.79 Å². The number of nitrogens with one attached hydrogen (secondary N) is 1. The third-order valence-corrected chi connectivity index (χ3v) is 2.25. The predicted octanol–water partition coefficient (Wildman–Crippen LogP) is 3.25. The number of hydrogen-bond donors (Lipinski definition) is 1. The van der Waals surface area contributed by atoms with Crippen molar-refractivity contribution in [3.63, 3.8) is 0 Å². The highest BCUT2D eigenvalue weighted by Gasteiger charge is 2.17. The quantitative estimate of drug-likeness (QED) is 0.677. The van der Waals surface area contributed by atoms with Crippen molar-refractivity contribution >= 4 is 24.1 Å². The number of carbonyl (C=O) groups excluding carboxylic acids is 2. The van der Waals surface area contributed by atoms with Crippen LogP contribution in [0.5, 0.6) is 5.75 Å². The number of hydrogen-bond acceptors (Lipinski definition) is 4. The molecule has 0 aliphatic carbocycles. The Hall–Kier alpha value is -2.30. The minimum absolute atomic E-state index is 0.540. The molecule has 0 atom stereocenters. The molecule has 0 aromatic heterocycles. The SMILES string of the molecule is COc1ccc(NC(=O)OC(C)(C)C)c(/C=C/C=O)c1. The Morgan fingerprint density at radius 3 is 2.55 bits per heavy atom. The average Bonchev–Trinajstić information content (AvgIpc) is 2.35. The molecule has 0 radical (unpaired) electrons. The van der Waals surface area contributed by atoms with Gasteiger partial charge < -0.3 is 9.47 Å². The lowest BCUT2D eigenvalue weighted by Crippen LogP contribution is -2.27. The Labute approximate surface area is 118 Å². The first-order chi connectivity index (χ1) is 9.35. The molecular formula is C15H19NO4. The molecule has 0 aliphatic heterocycles. The van der Waals surface area contributed by atoms with E-state index in [1.165, 1.54) is 6.08 Å². The number of carbonyl (C=O) groups is 2. The second kappa shape index (κ2) is 6.75. The largest absolute Gasteiger partial charge is 0.497 e. The van der Waals surface area contributed by atoms with Crippen LogP contribution in [-0.2, 0) is 9.53 Å². The van der Waals surface area contributed by atoms with E-state index < -0.39 is 11.7 Å². The van der Waals surface area contributed by atoms with Crippen molar-refractivity contribution in [1.29, 1.82) is 0 Å². The number of allylic oxidation sites excluding steroid dienone is 1. The van der Waals surface area contributed by atoms with E-state index in [0.717, 1.165) is 0 Å². The van der Waals surface area contributed by atoms with Crippen molar-refractivity contribution < 1.29 is 19.1 Å². The molecule has 20 heavy (non-hydrogen) atoms. The Morgan fingerprint density at radius 1 is 1.30 bits per heavy atom. The Morgan fingerprint density at radius 2 is 2.00 bits per heavy atom. The Balaban J connectivity index is 2.96. The van der Waals surface area contributed by atoms with Crippen molar-refractivity contribution in [2.45, 2.75) is 26.4 Å². The van der Waals surface area contributed by atoms with Crippen LogP contribution in [0.1, 0.15) is 26.3 Å². The smallest absolute Gasteiger partial charge is 0.412 e. The number of benzene rings is 1. The van der Waals surface area contributed by atoms with Crippen molar-refractivity contribution in [2.75, 3.05) is 12.4 Å². The first-order valence-electron chi connectivity index (χ1n) is 6.15. The van der Waals surface area contributed by atoms with Gasteiger partial charge in [0.2, 0.25) is 0 Å². The van der Waals surface area contributed by atoms with E-state index in [4.69, 9.17) is 9.47 Å². The molecular weight excluding hydrogens is 258 g/mol. The maximum Gasteiger partial charge on any atom is 0.412 e. The van der Waals surface area contributed by atoms with Gasteiger partial charge >= 0.3 is 6.09 Å². The minimum Gasteiger partial charge on any atom is -0.497 e. The summed E-state index contributed by atoms with van der Waals surface area (Å²) >= 11 is 0. The highest BCUT2D eigenvalue weighted by Crippen LogP contribution is 2.24. The molecule has 0 heterocycles. The van der Waals surface area contributed by atoms with Gasteiger partial charge in [0.05, 0.1) is 12.8 Å². The fourth-order valence-electron chi connectivity index (χ4n) is 1.48. The second-order valence-electron chi connectivity index (χ2n) is 5.08.